The lowest BCUT2D eigenvalue weighted by Crippen LogP contribution is -2.25. The first-order valence-corrected chi connectivity index (χ1v) is 8.90. The number of nitrogens with one attached hydrogen (secondary N) is 2. The van der Waals surface area contributed by atoms with Gasteiger partial charge in [0.25, 0.3) is 5.91 Å². The number of hydrogen-bond acceptors (Lipinski definition) is 5. The summed E-state index contributed by atoms with van der Waals surface area (Å²) in [6, 6.07) is 13.5. The molecule has 7 heteroatoms. The van der Waals surface area contributed by atoms with Gasteiger partial charge in [-0.2, -0.15) is 0 Å². The van der Waals surface area contributed by atoms with E-state index >= 15 is 0 Å². The Labute approximate surface area is 147 Å². The smallest absolute Gasteiger partial charge is 0.273 e. The van der Waals surface area contributed by atoms with Gasteiger partial charge in [-0.05, 0) is 30.0 Å². The molecule has 1 aromatic carbocycles. The quantitative estimate of drug-likeness (QED) is 0.519. The summed E-state index contributed by atoms with van der Waals surface area (Å²) < 4.78 is 5.22. The number of H-pyrrole nitrogens is 1. The molecule has 0 bridgehead atoms. The molecule has 0 aliphatic carbocycles. The average molecular weight is 352 g/mol. The number of aryl methyl sites for hydroxylation is 1. The minimum absolute atomic E-state index is 0.226. The van der Waals surface area contributed by atoms with E-state index in [2.05, 4.69) is 20.4 Å². The van der Waals surface area contributed by atoms with E-state index in [0.717, 1.165) is 34.6 Å². The molecule has 0 aliphatic rings. The second kappa shape index (κ2) is 6.90. The Morgan fingerprint density at radius 2 is 2.16 bits per heavy atom. The summed E-state index contributed by atoms with van der Waals surface area (Å²) in [5.41, 5.74) is 2.29. The molecule has 0 saturated carbocycles. The second-order valence-corrected chi connectivity index (χ2v) is 6.56. The summed E-state index contributed by atoms with van der Waals surface area (Å²) in [7, 11) is 0. The third kappa shape index (κ3) is 3.46. The number of imidazole rings is 1. The van der Waals surface area contributed by atoms with Crippen LogP contribution in [0.2, 0.25) is 0 Å². The van der Waals surface area contributed by atoms with Crippen molar-refractivity contribution in [3.63, 3.8) is 0 Å². The molecule has 126 valence electrons. The van der Waals surface area contributed by atoms with Crippen molar-refractivity contribution in [3.05, 3.63) is 59.4 Å². The molecule has 25 heavy (non-hydrogen) atoms. The number of nitrogens with zero attached hydrogens (tertiary/aromatic N) is 2. The first-order chi connectivity index (χ1) is 12.3. The van der Waals surface area contributed by atoms with E-state index in [9.17, 15) is 4.79 Å². The zero-order chi connectivity index (χ0) is 17.1. The van der Waals surface area contributed by atoms with E-state index < -0.39 is 0 Å². The van der Waals surface area contributed by atoms with Gasteiger partial charge in [-0.1, -0.05) is 23.4 Å². The first kappa shape index (κ1) is 15.6. The molecule has 4 aromatic rings. The number of hydrogen-bond donors (Lipinski definition) is 2. The molecule has 4 rings (SSSR count). The normalized spacial score (nSPS) is 11.0. The summed E-state index contributed by atoms with van der Waals surface area (Å²) in [6.45, 7) is 0.553. The van der Waals surface area contributed by atoms with Gasteiger partial charge in [-0.25, -0.2) is 4.98 Å². The number of amides is 1. The third-order valence-electron chi connectivity index (χ3n) is 3.82. The highest BCUT2D eigenvalue weighted by Gasteiger charge is 2.13. The topological polar surface area (TPSA) is 83.8 Å². The van der Waals surface area contributed by atoms with Gasteiger partial charge in [0, 0.05) is 19.0 Å². The molecule has 2 N–H and O–H groups in total. The average Bonchev–Trinajstić information content (AvgIpc) is 3.37. The van der Waals surface area contributed by atoms with Crippen LogP contribution in [-0.4, -0.2) is 27.6 Å². The van der Waals surface area contributed by atoms with Crippen LogP contribution in [0.4, 0.5) is 0 Å². The Hall–Kier alpha value is -2.93. The van der Waals surface area contributed by atoms with Crippen LogP contribution < -0.4 is 5.32 Å². The van der Waals surface area contributed by atoms with Gasteiger partial charge >= 0.3 is 0 Å². The van der Waals surface area contributed by atoms with Gasteiger partial charge in [-0.3, -0.25) is 4.79 Å². The Morgan fingerprint density at radius 1 is 1.24 bits per heavy atom. The zero-order valence-corrected chi connectivity index (χ0v) is 14.2. The van der Waals surface area contributed by atoms with Crippen molar-refractivity contribution in [3.8, 4) is 10.6 Å². The minimum Gasteiger partial charge on any atom is -0.355 e. The van der Waals surface area contributed by atoms with Crippen molar-refractivity contribution in [1.82, 2.24) is 20.4 Å². The molecule has 0 saturated heterocycles. The molecule has 0 spiro atoms. The minimum atomic E-state index is -0.226. The molecule has 6 nitrogen and oxygen atoms in total. The molecule has 3 aromatic heterocycles. The van der Waals surface area contributed by atoms with Crippen molar-refractivity contribution in [2.75, 3.05) is 6.54 Å². The zero-order valence-electron chi connectivity index (χ0n) is 13.4. The molecule has 3 heterocycles. The Kier molecular flexibility index (Phi) is 4.30. The molecule has 0 atom stereocenters. The highest BCUT2D eigenvalue weighted by Crippen LogP contribution is 2.25. The van der Waals surface area contributed by atoms with Crippen LogP contribution >= 0.6 is 11.3 Å². The van der Waals surface area contributed by atoms with E-state index in [-0.39, 0.29) is 5.91 Å². The molecule has 0 fully saturated rings. The molecule has 0 aliphatic heterocycles. The molecule has 1 amide bonds. The Balaban J connectivity index is 1.29. The lowest BCUT2D eigenvalue weighted by atomic mass is 10.3. The number of aromatic amines is 1. The van der Waals surface area contributed by atoms with Crippen LogP contribution in [0.25, 0.3) is 21.7 Å². The molecule has 0 radical (unpaired) electrons. The van der Waals surface area contributed by atoms with Crippen LogP contribution in [0.15, 0.2) is 52.4 Å². The predicted octanol–water partition coefficient (Wildman–Crippen LogP) is 3.64. The van der Waals surface area contributed by atoms with Crippen molar-refractivity contribution in [2.45, 2.75) is 12.8 Å². The largest absolute Gasteiger partial charge is 0.355 e. The number of para-hydroxylation sites is 2. The Morgan fingerprint density at radius 3 is 3.00 bits per heavy atom. The number of fused-ring (bicyclic) bond motifs is 1. The van der Waals surface area contributed by atoms with Gasteiger partial charge in [0.1, 0.15) is 5.82 Å². The van der Waals surface area contributed by atoms with Crippen LogP contribution in [0.3, 0.4) is 0 Å². The van der Waals surface area contributed by atoms with E-state index in [1.54, 1.807) is 17.4 Å². The van der Waals surface area contributed by atoms with Crippen molar-refractivity contribution >= 4 is 28.3 Å². The lowest BCUT2D eigenvalue weighted by Gasteiger charge is -2.01. The summed E-state index contributed by atoms with van der Waals surface area (Å²) in [6.07, 6.45) is 1.56. The number of carbonyl (C=O) groups is 1. The maximum absolute atomic E-state index is 12.1. The van der Waals surface area contributed by atoms with Gasteiger partial charge < -0.3 is 14.8 Å². The van der Waals surface area contributed by atoms with Gasteiger partial charge in [0.05, 0.1) is 15.9 Å². The van der Waals surface area contributed by atoms with E-state index in [4.69, 9.17) is 4.52 Å². The van der Waals surface area contributed by atoms with E-state index in [0.29, 0.717) is 18.0 Å². The fourth-order valence-corrected chi connectivity index (χ4v) is 3.26. The van der Waals surface area contributed by atoms with Gasteiger partial charge in [0.15, 0.2) is 11.5 Å². The highest BCUT2D eigenvalue weighted by atomic mass is 32.1. The van der Waals surface area contributed by atoms with Gasteiger partial charge in [0.2, 0.25) is 0 Å². The fourth-order valence-electron chi connectivity index (χ4n) is 2.59. The van der Waals surface area contributed by atoms with Crippen LogP contribution in [0.1, 0.15) is 22.7 Å². The number of aromatic nitrogens is 3. The highest BCUT2D eigenvalue weighted by molar-refractivity contribution is 7.13. The Bertz CT molecular complexity index is 955. The first-order valence-electron chi connectivity index (χ1n) is 8.02. The number of carbonyl (C=O) groups excluding carboxylic acids is 1. The van der Waals surface area contributed by atoms with Crippen LogP contribution in [0, 0.1) is 0 Å². The van der Waals surface area contributed by atoms with Crippen molar-refractivity contribution < 1.29 is 9.32 Å². The summed E-state index contributed by atoms with van der Waals surface area (Å²) in [5.74, 6) is 1.32. The second-order valence-electron chi connectivity index (χ2n) is 5.61. The van der Waals surface area contributed by atoms with Gasteiger partial charge in [-0.15, -0.1) is 11.3 Å². The summed E-state index contributed by atoms with van der Waals surface area (Å²) in [5, 5.41) is 8.65. The number of benzene rings is 1. The van der Waals surface area contributed by atoms with E-state index in [1.807, 2.05) is 41.8 Å². The summed E-state index contributed by atoms with van der Waals surface area (Å²) >= 11 is 1.55. The van der Waals surface area contributed by atoms with Crippen LogP contribution in [0.5, 0.6) is 0 Å². The van der Waals surface area contributed by atoms with E-state index in [1.165, 1.54) is 0 Å². The maximum atomic E-state index is 12.1. The SMILES string of the molecule is O=C(NCCCc1nc2ccccc2[nH]1)c1cc(-c2cccs2)on1. The standard InChI is InChI=1S/C18H16N4O2S/c23-18(14-11-15(24-22-14)16-7-4-10-25-16)19-9-3-8-17-20-12-5-1-2-6-13(12)21-17/h1-2,4-7,10-11H,3,8-9H2,(H,19,23)(H,20,21). The number of thiophene rings is 1. The van der Waals surface area contributed by atoms with Crippen molar-refractivity contribution in [1.29, 1.82) is 0 Å². The molecular formula is C18H16N4O2S. The monoisotopic (exact) mass is 352 g/mol. The lowest BCUT2D eigenvalue weighted by molar-refractivity contribution is 0.0944. The number of rotatable bonds is 6. The predicted molar refractivity (Wildman–Crippen MR) is 96.6 cm³/mol. The molecule has 0 unspecified atom stereocenters. The molecular weight excluding hydrogens is 336 g/mol. The third-order valence-corrected chi connectivity index (χ3v) is 4.71. The van der Waals surface area contributed by atoms with Crippen molar-refractivity contribution in [2.24, 2.45) is 0 Å². The summed E-state index contributed by atoms with van der Waals surface area (Å²) in [4.78, 5) is 20.9. The maximum Gasteiger partial charge on any atom is 0.273 e. The van der Waals surface area contributed by atoms with Crippen LogP contribution in [-0.2, 0) is 6.42 Å². The fraction of sp³-hybridized carbons (Fsp3) is 0.167.